The summed E-state index contributed by atoms with van der Waals surface area (Å²) >= 11 is 7.89. The van der Waals surface area contributed by atoms with E-state index in [9.17, 15) is 9.18 Å². The number of rotatable bonds is 6. The fraction of sp³-hybridized carbons (Fsp3) is 0.333. The lowest BCUT2D eigenvalue weighted by molar-refractivity contribution is 0.0597. The van der Waals surface area contributed by atoms with Crippen LogP contribution >= 0.6 is 22.9 Å². The summed E-state index contributed by atoms with van der Waals surface area (Å²) in [6, 6.07) is 15.0. The van der Waals surface area contributed by atoms with Gasteiger partial charge in [-0.05, 0) is 74.4 Å². The molecule has 4 aromatic rings. The lowest BCUT2D eigenvalue weighted by Crippen LogP contribution is -2.41. The SMILES string of the molecule is COc1ccc(-c2ccc(C)nc2)cc1CN(C(=O)c1sc2cccc(F)c2c1Cl)C1CCC(C)CC1. The van der Waals surface area contributed by atoms with Gasteiger partial charge in [-0.3, -0.25) is 9.78 Å². The Bertz CT molecular complexity index is 1430. The Morgan fingerprint density at radius 3 is 2.57 bits per heavy atom. The number of nitrogens with zero attached hydrogens (tertiary/aromatic N) is 2. The number of aryl methyl sites for hydroxylation is 1. The molecule has 1 aliphatic carbocycles. The first-order valence-corrected chi connectivity index (χ1v) is 13.8. The minimum absolute atomic E-state index is 0.0734. The molecule has 1 saturated carbocycles. The summed E-state index contributed by atoms with van der Waals surface area (Å²) in [4.78, 5) is 20.9. The van der Waals surface area contributed by atoms with Crippen LogP contribution in [-0.4, -0.2) is 28.9 Å². The number of carbonyl (C=O) groups is 1. The minimum Gasteiger partial charge on any atom is -0.496 e. The van der Waals surface area contributed by atoms with Crippen LogP contribution in [0.3, 0.4) is 0 Å². The molecule has 4 nitrogen and oxygen atoms in total. The average Bonchev–Trinajstić information content (AvgIpc) is 3.25. The van der Waals surface area contributed by atoms with Crippen molar-refractivity contribution in [1.82, 2.24) is 9.88 Å². The lowest BCUT2D eigenvalue weighted by Gasteiger charge is -2.36. The van der Waals surface area contributed by atoms with E-state index < -0.39 is 5.82 Å². The van der Waals surface area contributed by atoms with Crippen LogP contribution in [0.2, 0.25) is 5.02 Å². The van der Waals surface area contributed by atoms with Gasteiger partial charge in [-0.1, -0.05) is 36.7 Å². The topological polar surface area (TPSA) is 42.4 Å². The van der Waals surface area contributed by atoms with Crippen LogP contribution in [0.4, 0.5) is 4.39 Å². The van der Waals surface area contributed by atoms with Gasteiger partial charge in [-0.2, -0.15) is 0 Å². The van der Waals surface area contributed by atoms with E-state index in [1.165, 1.54) is 17.4 Å². The number of amides is 1. The van der Waals surface area contributed by atoms with Gasteiger partial charge in [0.25, 0.3) is 5.91 Å². The molecule has 2 aromatic carbocycles. The third-order valence-corrected chi connectivity index (χ3v) is 8.99. The molecule has 37 heavy (non-hydrogen) atoms. The number of aromatic nitrogens is 1. The van der Waals surface area contributed by atoms with Crippen molar-refractivity contribution in [3.05, 3.63) is 81.7 Å². The first kappa shape index (κ1) is 25.7. The fourth-order valence-electron chi connectivity index (χ4n) is 5.16. The van der Waals surface area contributed by atoms with Crippen LogP contribution in [0.1, 0.15) is 53.5 Å². The Balaban J connectivity index is 1.55. The van der Waals surface area contributed by atoms with Crippen LogP contribution in [-0.2, 0) is 6.54 Å². The summed E-state index contributed by atoms with van der Waals surface area (Å²) in [5.74, 6) is 0.799. The molecule has 0 saturated heterocycles. The Hall–Kier alpha value is -2.96. The van der Waals surface area contributed by atoms with Gasteiger partial charge in [-0.25, -0.2) is 4.39 Å². The van der Waals surface area contributed by atoms with Crippen LogP contribution in [0.5, 0.6) is 5.75 Å². The van der Waals surface area contributed by atoms with E-state index in [0.717, 1.165) is 53.8 Å². The van der Waals surface area contributed by atoms with Gasteiger partial charge in [0.1, 0.15) is 16.4 Å². The van der Waals surface area contributed by atoms with Gasteiger partial charge in [0.2, 0.25) is 0 Å². The number of thiophene rings is 1. The maximum atomic E-state index is 14.6. The molecular weight excluding hydrogens is 507 g/mol. The Morgan fingerprint density at radius 2 is 1.89 bits per heavy atom. The molecule has 7 heteroatoms. The molecule has 0 N–H and O–H groups in total. The number of hydrogen-bond donors (Lipinski definition) is 0. The molecule has 0 radical (unpaired) electrons. The normalized spacial score (nSPS) is 17.6. The molecule has 1 amide bonds. The summed E-state index contributed by atoms with van der Waals surface area (Å²) in [6.45, 7) is 4.60. The van der Waals surface area contributed by atoms with E-state index in [1.54, 1.807) is 19.2 Å². The largest absolute Gasteiger partial charge is 0.496 e. The Labute approximate surface area is 226 Å². The maximum absolute atomic E-state index is 14.6. The van der Waals surface area contributed by atoms with E-state index in [0.29, 0.717) is 27.4 Å². The molecule has 0 bridgehead atoms. The van der Waals surface area contributed by atoms with E-state index in [-0.39, 0.29) is 17.0 Å². The number of benzene rings is 2. The highest BCUT2D eigenvalue weighted by Gasteiger charge is 2.32. The molecule has 2 aromatic heterocycles. The van der Waals surface area contributed by atoms with Crippen LogP contribution < -0.4 is 4.74 Å². The lowest BCUT2D eigenvalue weighted by atomic mass is 9.86. The maximum Gasteiger partial charge on any atom is 0.266 e. The van der Waals surface area contributed by atoms with E-state index >= 15 is 0 Å². The van der Waals surface area contributed by atoms with Crippen molar-refractivity contribution in [3.8, 4) is 16.9 Å². The Morgan fingerprint density at radius 1 is 1.14 bits per heavy atom. The third-order valence-electron chi connectivity index (χ3n) is 7.35. The zero-order chi connectivity index (χ0) is 26.1. The molecule has 0 unspecified atom stereocenters. The average molecular weight is 537 g/mol. The van der Waals surface area contributed by atoms with Crippen LogP contribution in [0, 0.1) is 18.7 Å². The van der Waals surface area contributed by atoms with Crippen LogP contribution in [0.15, 0.2) is 54.7 Å². The van der Waals surface area contributed by atoms with Crippen LogP contribution in [0.25, 0.3) is 21.2 Å². The standard InChI is InChI=1S/C30H30ClFN2O2S/c1-18-7-12-23(13-8-18)34(30(35)29-28(31)27-24(32)5-4-6-26(27)37-29)17-22-15-20(11-14-25(22)36-3)21-10-9-19(2)33-16-21/h4-6,9-11,14-16,18,23H,7-8,12-13,17H2,1-3H3. The molecule has 2 heterocycles. The summed E-state index contributed by atoms with van der Waals surface area (Å²) in [5.41, 5.74) is 3.88. The predicted octanol–water partition coefficient (Wildman–Crippen LogP) is 8.29. The van der Waals surface area contributed by atoms with Crippen molar-refractivity contribution >= 4 is 38.9 Å². The Kier molecular flexibility index (Phi) is 7.50. The monoisotopic (exact) mass is 536 g/mol. The smallest absolute Gasteiger partial charge is 0.266 e. The van der Waals surface area contributed by atoms with Crippen molar-refractivity contribution in [1.29, 1.82) is 0 Å². The summed E-state index contributed by atoms with van der Waals surface area (Å²) in [5, 5.41) is 0.518. The number of methoxy groups -OCH3 is 1. The number of carbonyl (C=O) groups excluding carboxylic acids is 1. The number of pyridine rings is 1. The number of hydrogen-bond acceptors (Lipinski definition) is 4. The van der Waals surface area contributed by atoms with Gasteiger partial charge in [0.15, 0.2) is 0 Å². The second kappa shape index (κ2) is 10.8. The van der Waals surface area contributed by atoms with Gasteiger partial charge in [0, 0.05) is 45.7 Å². The molecule has 192 valence electrons. The number of fused-ring (bicyclic) bond motifs is 1. The summed E-state index contributed by atoms with van der Waals surface area (Å²) in [7, 11) is 1.64. The minimum atomic E-state index is -0.406. The third kappa shape index (κ3) is 5.23. The van der Waals surface area contributed by atoms with E-state index in [1.807, 2.05) is 42.3 Å². The number of halogens is 2. The van der Waals surface area contributed by atoms with Crippen molar-refractivity contribution in [2.45, 2.75) is 52.1 Å². The zero-order valence-corrected chi connectivity index (χ0v) is 22.8. The molecule has 0 atom stereocenters. The molecule has 0 spiro atoms. The molecule has 1 fully saturated rings. The fourth-order valence-corrected chi connectivity index (χ4v) is 6.67. The van der Waals surface area contributed by atoms with Crippen molar-refractivity contribution in [3.63, 3.8) is 0 Å². The predicted molar refractivity (Wildman–Crippen MR) is 149 cm³/mol. The molecular formula is C30H30ClFN2O2S. The van der Waals surface area contributed by atoms with Crippen molar-refractivity contribution < 1.29 is 13.9 Å². The zero-order valence-electron chi connectivity index (χ0n) is 21.3. The van der Waals surface area contributed by atoms with E-state index in [4.69, 9.17) is 16.3 Å². The highest BCUT2D eigenvalue weighted by atomic mass is 35.5. The highest BCUT2D eigenvalue weighted by Crippen LogP contribution is 2.40. The molecule has 0 aliphatic heterocycles. The molecule has 5 rings (SSSR count). The van der Waals surface area contributed by atoms with Gasteiger partial charge < -0.3 is 9.64 Å². The summed E-state index contributed by atoms with van der Waals surface area (Å²) in [6.07, 6.45) is 5.84. The van der Waals surface area contributed by atoms with E-state index in [2.05, 4.69) is 18.0 Å². The quantitative estimate of drug-likeness (QED) is 0.249. The van der Waals surface area contributed by atoms with Crippen molar-refractivity contribution in [2.24, 2.45) is 5.92 Å². The second-order valence-electron chi connectivity index (χ2n) is 9.92. The first-order chi connectivity index (χ1) is 17.9. The second-order valence-corrected chi connectivity index (χ2v) is 11.3. The van der Waals surface area contributed by atoms with Gasteiger partial charge in [0.05, 0.1) is 12.1 Å². The van der Waals surface area contributed by atoms with Crippen molar-refractivity contribution in [2.75, 3.05) is 7.11 Å². The highest BCUT2D eigenvalue weighted by molar-refractivity contribution is 7.21. The first-order valence-electron chi connectivity index (χ1n) is 12.6. The van der Waals surface area contributed by atoms with Gasteiger partial charge >= 0.3 is 0 Å². The van der Waals surface area contributed by atoms with Gasteiger partial charge in [-0.15, -0.1) is 11.3 Å². The summed E-state index contributed by atoms with van der Waals surface area (Å²) < 4.78 is 21.0. The molecule has 1 aliphatic rings. The number of ether oxygens (including phenoxy) is 1.